The summed E-state index contributed by atoms with van der Waals surface area (Å²) in [5.41, 5.74) is 1.32. The van der Waals surface area contributed by atoms with E-state index in [1.54, 1.807) is 0 Å². The van der Waals surface area contributed by atoms with Gasteiger partial charge < -0.3 is 10.1 Å². The summed E-state index contributed by atoms with van der Waals surface area (Å²) in [6.07, 6.45) is 3.29. The highest BCUT2D eigenvalue weighted by Crippen LogP contribution is 1.87. The second-order valence-electron chi connectivity index (χ2n) is 3.11. The van der Waals surface area contributed by atoms with Gasteiger partial charge in [-0.05, 0) is 26.8 Å². The minimum atomic E-state index is 0.746. The van der Waals surface area contributed by atoms with Crippen LogP contribution < -0.4 is 5.32 Å². The van der Waals surface area contributed by atoms with Crippen molar-refractivity contribution >= 4 is 0 Å². The van der Waals surface area contributed by atoms with Crippen LogP contribution in [0.5, 0.6) is 0 Å². The molecule has 0 fully saturated rings. The predicted molar refractivity (Wildman–Crippen MR) is 53.4 cm³/mol. The maximum atomic E-state index is 5.35. The molecule has 0 aliphatic rings. The average Bonchev–Trinajstić information content (AvgIpc) is 2.02. The molecule has 0 aliphatic heterocycles. The Labute approximate surface area is 76.0 Å². The number of hydrogen-bond donors (Lipinski definition) is 1. The van der Waals surface area contributed by atoms with Gasteiger partial charge in [-0.2, -0.15) is 0 Å². The molecule has 0 rings (SSSR count). The molecule has 2 nitrogen and oxygen atoms in total. The molecule has 0 spiro atoms. The number of rotatable bonds is 7. The number of hydrogen-bond acceptors (Lipinski definition) is 2. The molecule has 0 atom stereocenters. The Hall–Kier alpha value is -0.340. The van der Waals surface area contributed by atoms with Gasteiger partial charge in [0, 0.05) is 6.54 Å². The first-order valence-corrected chi connectivity index (χ1v) is 4.69. The molecule has 0 radical (unpaired) electrons. The quantitative estimate of drug-likeness (QED) is 0.467. The summed E-state index contributed by atoms with van der Waals surface area (Å²) >= 11 is 0. The Balaban J connectivity index is 2.96. The second-order valence-corrected chi connectivity index (χ2v) is 3.11. The third kappa shape index (κ3) is 9.66. The lowest BCUT2D eigenvalue weighted by Gasteiger charge is -2.02. The summed E-state index contributed by atoms with van der Waals surface area (Å²) in [7, 11) is 0. The molecule has 1 N–H and O–H groups in total. The third-order valence-corrected chi connectivity index (χ3v) is 1.46. The topological polar surface area (TPSA) is 21.3 Å². The van der Waals surface area contributed by atoms with Gasteiger partial charge in [0.05, 0.1) is 13.2 Å². The van der Waals surface area contributed by atoms with Crippen LogP contribution in [0.3, 0.4) is 0 Å². The Morgan fingerprint density at radius 3 is 2.67 bits per heavy atom. The maximum Gasteiger partial charge on any atom is 0.0650 e. The minimum absolute atomic E-state index is 0.746. The SMILES string of the molecule is CCCNCCOCC=C(C)C. The monoisotopic (exact) mass is 171 g/mol. The molecule has 0 aromatic heterocycles. The van der Waals surface area contributed by atoms with Gasteiger partial charge in [-0.25, -0.2) is 0 Å². The Morgan fingerprint density at radius 2 is 2.08 bits per heavy atom. The van der Waals surface area contributed by atoms with Gasteiger partial charge in [-0.15, -0.1) is 0 Å². The van der Waals surface area contributed by atoms with Gasteiger partial charge in [-0.3, -0.25) is 0 Å². The van der Waals surface area contributed by atoms with Crippen molar-refractivity contribution < 1.29 is 4.74 Å². The van der Waals surface area contributed by atoms with Crippen molar-refractivity contribution in [2.45, 2.75) is 27.2 Å². The summed E-state index contributed by atoms with van der Waals surface area (Å²) in [6.45, 7) is 9.94. The van der Waals surface area contributed by atoms with Crippen molar-refractivity contribution in [2.75, 3.05) is 26.3 Å². The zero-order valence-electron chi connectivity index (χ0n) is 8.52. The lowest BCUT2D eigenvalue weighted by atomic mass is 10.3. The van der Waals surface area contributed by atoms with Crippen LogP contribution in [0, 0.1) is 0 Å². The summed E-state index contributed by atoms with van der Waals surface area (Å²) in [6, 6.07) is 0. The van der Waals surface area contributed by atoms with Crippen LogP contribution in [-0.2, 0) is 4.74 Å². The molecule has 0 aromatic rings. The van der Waals surface area contributed by atoms with Gasteiger partial charge >= 0.3 is 0 Å². The highest BCUT2D eigenvalue weighted by atomic mass is 16.5. The smallest absolute Gasteiger partial charge is 0.0650 e. The Morgan fingerprint density at radius 1 is 1.33 bits per heavy atom. The normalized spacial score (nSPS) is 9.92. The standard InChI is InChI=1S/C10H21NO/c1-4-6-11-7-9-12-8-5-10(2)3/h5,11H,4,6-9H2,1-3H3. The molecule has 12 heavy (non-hydrogen) atoms. The fourth-order valence-corrected chi connectivity index (χ4v) is 0.755. The van der Waals surface area contributed by atoms with Crippen molar-refractivity contribution in [2.24, 2.45) is 0 Å². The van der Waals surface area contributed by atoms with E-state index in [0.717, 1.165) is 26.3 Å². The van der Waals surface area contributed by atoms with E-state index < -0.39 is 0 Å². The summed E-state index contributed by atoms with van der Waals surface area (Å²) in [4.78, 5) is 0. The van der Waals surface area contributed by atoms with Gasteiger partial charge in [0.1, 0.15) is 0 Å². The first kappa shape index (κ1) is 11.7. The molecule has 0 unspecified atom stereocenters. The molecule has 0 aliphatic carbocycles. The highest BCUT2D eigenvalue weighted by Gasteiger charge is 1.85. The van der Waals surface area contributed by atoms with Gasteiger partial charge in [0.15, 0.2) is 0 Å². The molecule has 0 amide bonds. The fraction of sp³-hybridized carbons (Fsp3) is 0.800. The van der Waals surface area contributed by atoms with Gasteiger partial charge in [0.2, 0.25) is 0 Å². The number of ether oxygens (including phenoxy) is 1. The molecule has 0 aromatic carbocycles. The number of allylic oxidation sites excluding steroid dienone is 1. The minimum Gasteiger partial charge on any atom is -0.376 e. The van der Waals surface area contributed by atoms with E-state index in [9.17, 15) is 0 Å². The van der Waals surface area contributed by atoms with E-state index in [1.807, 2.05) is 0 Å². The van der Waals surface area contributed by atoms with Crippen molar-refractivity contribution in [3.63, 3.8) is 0 Å². The van der Waals surface area contributed by atoms with Crippen molar-refractivity contribution in [1.82, 2.24) is 5.32 Å². The fourth-order valence-electron chi connectivity index (χ4n) is 0.755. The van der Waals surface area contributed by atoms with Crippen LogP contribution in [0.4, 0.5) is 0 Å². The number of nitrogens with one attached hydrogen (secondary N) is 1. The predicted octanol–water partition coefficient (Wildman–Crippen LogP) is 1.97. The van der Waals surface area contributed by atoms with Crippen LogP contribution in [0.2, 0.25) is 0 Å². The van der Waals surface area contributed by atoms with E-state index in [0.29, 0.717) is 0 Å². The van der Waals surface area contributed by atoms with Crippen molar-refractivity contribution in [3.8, 4) is 0 Å². The lowest BCUT2D eigenvalue weighted by Crippen LogP contribution is -2.20. The molecular weight excluding hydrogens is 150 g/mol. The van der Waals surface area contributed by atoms with Gasteiger partial charge in [-0.1, -0.05) is 18.6 Å². The molecular formula is C10H21NO. The van der Waals surface area contributed by atoms with Crippen LogP contribution in [0.25, 0.3) is 0 Å². The Kier molecular flexibility index (Phi) is 8.51. The van der Waals surface area contributed by atoms with Crippen LogP contribution in [0.1, 0.15) is 27.2 Å². The summed E-state index contributed by atoms with van der Waals surface area (Å²) in [5.74, 6) is 0. The molecule has 0 bridgehead atoms. The molecule has 2 heteroatoms. The molecule has 72 valence electrons. The van der Waals surface area contributed by atoms with E-state index >= 15 is 0 Å². The molecule has 0 saturated heterocycles. The van der Waals surface area contributed by atoms with Crippen LogP contribution >= 0.6 is 0 Å². The second kappa shape index (κ2) is 8.75. The van der Waals surface area contributed by atoms with E-state index in [1.165, 1.54) is 12.0 Å². The van der Waals surface area contributed by atoms with E-state index in [2.05, 4.69) is 32.2 Å². The third-order valence-electron chi connectivity index (χ3n) is 1.46. The average molecular weight is 171 g/mol. The summed E-state index contributed by atoms with van der Waals surface area (Å²) in [5, 5.41) is 3.28. The van der Waals surface area contributed by atoms with Crippen molar-refractivity contribution in [1.29, 1.82) is 0 Å². The first-order valence-electron chi connectivity index (χ1n) is 4.69. The van der Waals surface area contributed by atoms with E-state index in [4.69, 9.17) is 4.74 Å². The first-order chi connectivity index (χ1) is 5.77. The zero-order chi connectivity index (χ0) is 9.23. The summed E-state index contributed by atoms with van der Waals surface area (Å²) < 4.78 is 5.35. The molecule has 0 saturated carbocycles. The molecule has 0 heterocycles. The van der Waals surface area contributed by atoms with Crippen LogP contribution in [0.15, 0.2) is 11.6 Å². The van der Waals surface area contributed by atoms with E-state index in [-0.39, 0.29) is 0 Å². The maximum absolute atomic E-state index is 5.35. The highest BCUT2D eigenvalue weighted by molar-refractivity contribution is 4.92. The largest absolute Gasteiger partial charge is 0.376 e. The van der Waals surface area contributed by atoms with Gasteiger partial charge in [0.25, 0.3) is 0 Å². The Bertz CT molecular complexity index is 117. The van der Waals surface area contributed by atoms with Crippen molar-refractivity contribution in [3.05, 3.63) is 11.6 Å². The zero-order valence-corrected chi connectivity index (χ0v) is 8.52. The lowest BCUT2D eigenvalue weighted by molar-refractivity contribution is 0.163. The van der Waals surface area contributed by atoms with Crippen LogP contribution in [-0.4, -0.2) is 26.3 Å².